The molecule has 2 fully saturated rings. The first-order chi connectivity index (χ1) is 8.47. The van der Waals surface area contributed by atoms with Gasteiger partial charge in [0.2, 0.25) is 10.0 Å². The molecule has 0 aliphatic carbocycles. The molecule has 0 aromatic carbocycles. The second-order valence-electron chi connectivity index (χ2n) is 5.58. The quantitative estimate of drug-likeness (QED) is 0.847. The number of hydrogen-bond donors (Lipinski definition) is 1. The topological polar surface area (TPSA) is 63.4 Å². The van der Waals surface area contributed by atoms with E-state index in [9.17, 15) is 8.42 Å². The predicted octanol–water partition coefficient (Wildman–Crippen LogP) is 1.27. The molecule has 0 bridgehead atoms. The van der Waals surface area contributed by atoms with Crippen molar-refractivity contribution in [2.45, 2.75) is 43.4 Å². The van der Waals surface area contributed by atoms with Gasteiger partial charge in [0.15, 0.2) is 0 Å². The van der Waals surface area contributed by atoms with Gasteiger partial charge in [-0.2, -0.15) is 11.8 Å². The Hall–Kier alpha value is 0.220. The minimum Gasteiger partial charge on any atom is -0.327 e. The third kappa shape index (κ3) is 3.85. The van der Waals surface area contributed by atoms with Crippen LogP contribution in [0.2, 0.25) is 0 Å². The zero-order valence-electron chi connectivity index (χ0n) is 11.0. The highest BCUT2D eigenvalue weighted by Gasteiger charge is 2.30. The highest BCUT2D eigenvalue weighted by Crippen LogP contribution is 2.32. The van der Waals surface area contributed by atoms with E-state index in [-0.39, 0.29) is 6.04 Å². The number of sulfonamides is 1. The molecule has 2 rings (SSSR count). The zero-order valence-corrected chi connectivity index (χ0v) is 12.7. The molecule has 4 nitrogen and oxygen atoms in total. The fourth-order valence-electron chi connectivity index (χ4n) is 3.00. The fraction of sp³-hybridized carbons (Fsp3) is 1.00. The number of rotatable bonds is 4. The van der Waals surface area contributed by atoms with Crippen LogP contribution in [0.15, 0.2) is 0 Å². The minimum absolute atomic E-state index is 0.238. The van der Waals surface area contributed by atoms with Gasteiger partial charge < -0.3 is 5.73 Å². The lowest BCUT2D eigenvalue weighted by Crippen LogP contribution is -2.42. The Morgan fingerprint density at radius 2 is 2.17 bits per heavy atom. The molecule has 3 unspecified atom stereocenters. The standard InChI is InChI=1S/C12H24N2O2S2/c1-18(15,16)14-6-2-4-10(9-14)8-11(13)12-5-3-7-17-12/h10-12H,2-9,13H2,1H3. The molecule has 0 saturated carbocycles. The van der Waals surface area contributed by atoms with Gasteiger partial charge in [-0.25, -0.2) is 12.7 Å². The van der Waals surface area contributed by atoms with E-state index in [1.807, 2.05) is 11.8 Å². The maximum absolute atomic E-state index is 11.6. The first-order valence-electron chi connectivity index (χ1n) is 6.79. The Morgan fingerprint density at radius 3 is 2.78 bits per heavy atom. The lowest BCUT2D eigenvalue weighted by molar-refractivity contribution is 0.245. The molecule has 106 valence electrons. The molecule has 0 radical (unpaired) electrons. The van der Waals surface area contributed by atoms with E-state index in [4.69, 9.17) is 5.73 Å². The summed E-state index contributed by atoms with van der Waals surface area (Å²) in [5.74, 6) is 1.68. The Kier molecular flexibility index (Phi) is 4.97. The number of hydrogen-bond acceptors (Lipinski definition) is 4. The Bertz CT molecular complexity index is 366. The molecule has 2 N–H and O–H groups in total. The zero-order chi connectivity index (χ0) is 13.2. The van der Waals surface area contributed by atoms with Crippen molar-refractivity contribution in [2.75, 3.05) is 25.1 Å². The summed E-state index contributed by atoms with van der Waals surface area (Å²) in [4.78, 5) is 0. The molecule has 0 aromatic heterocycles. The molecular weight excluding hydrogens is 268 g/mol. The minimum atomic E-state index is -3.03. The van der Waals surface area contributed by atoms with Crippen molar-refractivity contribution in [1.29, 1.82) is 0 Å². The summed E-state index contributed by atoms with van der Waals surface area (Å²) in [5.41, 5.74) is 6.28. The van der Waals surface area contributed by atoms with Crippen molar-refractivity contribution in [3.05, 3.63) is 0 Å². The fourth-order valence-corrected chi connectivity index (χ4v) is 5.27. The monoisotopic (exact) mass is 292 g/mol. The summed E-state index contributed by atoms with van der Waals surface area (Å²) in [7, 11) is -3.03. The third-order valence-electron chi connectivity index (χ3n) is 4.00. The van der Waals surface area contributed by atoms with Crippen LogP contribution in [0.5, 0.6) is 0 Å². The van der Waals surface area contributed by atoms with Crippen molar-refractivity contribution >= 4 is 21.8 Å². The molecule has 3 atom stereocenters. The van der Waals surface area contributed by atoms with Crippen molar-refractivity contribution in [2.24, 2.45) is 11.7 Å². The highest BCUT2D eigenvalue weighted by molar-refractivity contribution is 8.00. The number of piperidine rings is 1. The van der Waals surface area contributed by atoms with Crippen LogP contribution in [0.3, 0.4) is 0 Å². The average Bonchev–Trinajstić information content (AvgIpc) is 2.81. The maximum Gasteiger partial charge on any atom is 0.211 e. The molecule has 18 heavy (non-hydrogen) atoms. The third-order valence-corrected chi connectivity index (χ3v) is 6.81. The largest absolute Gasteiger partial charge is 0.327 e. The van der Waals surface area contributed by atoms with Gasteiger partial charge in [0, 0.05) is 24.4 Å². The van der Waals surface area contributed by atoms with Crippen molar-refractivity contribution in [3.63, 3.8) is 0 Å². The molecule has 0 aromatic rings. The second kappa shape index (κ2) is 6.11. The summed E-state index contributed by atoms with van der Waals surface area (Å²) in [5, 5.41) is 0.596. The Balaban J connectivity index is 1.85. The van der Waals surface area contributed by atoms with Crippen molar-refractivity contribution in [1.82, 2.24) is 4.31 Å². The first-order valence-corrected chi connectivity index (χ1v) is 9.69. The van der Waals surface area contributed by atoms with E-state index < -0.39 is 10.0 Å². The van der Waals surface area contributed by atoms with Gasteiger partial charge in [0.05, 0.1) is 6.26 Å². The van der Waals surface area contributed by atoms with Crippen LogP contribution in [0.1, 0.15) is 32.1 Å². The lowest BCUT2D eigenvalue weighted by Gasteiger charge is -2.33. The number of nitrogens with zero attached hydrogens (tertiary/aromatic N) is 1. The second-order valence-corrected chi connectivity index (χ2v) is 8.91. The first kappa shape index (κ1) is 14.6. The average molecular weight is 292 g/mol. The lowest BCUT2D eigenvalue weighted by atomic mass is 9.91. The van der Waals surface area contributed by atoms with E-state index >= 15 is 0 Å². The number of nitrogens with two attached hydrogens (primary N) is 1. The molecule has 2 aliphatic rings. The summed E-state index contributed by atoms with van der Waals surface area (Å²) in [6.07, 6.45) is 6.89. The van der Waals surface area contributed by atoms with E-state index in [2.05, 4.69) is 0 Å². The Morgan fingerprint density at radius 1 is 1.39 bits per heavy atom. The SMILES string of the molecule is CS(=O)(=O)N1CCCC(CC(N)C2CCCS2)C1. The molecule has 0 amide bonds. The van der Waals surface area contributed by atoms with Crippen LogP contribution in [0.25, 0.3) is 0 Å². The summed E-state index contributed by atoms with van der Waals surface area (Å²) in [6.45, 7) is 1.35. The van der Waals surface area contributed by atoms with Gasteiger partial charge in [-0.1, -0.05) is 0 Å². The summed E-state index contributed by atoms with van der Waals surface area (Å²) >= 11 is 1.99. The van der Waals surface area contributed by atoms with E-state index in [1.54, 1.807) is 4.31 Å². The summed E-state index contributed by atoms with van der Waals surface area (Å²) in [6, 6.07) is 0.238. The van der Waals surface area contributed by atoms with Crippen LogP contribution in [-0.4, -0.2) is 49.1 Å². The van der Waals surface area contributed by atoms with Gasteiger partial charge in [0.1, 0.15) is 0 Å². The molecule has 6 heteroatoms. The molecular formula is C12H24N2O2S2. The van der Waals surface area contributed by atoms with E-state index in [0.717, 1.165) is 19.3 Å². The number of thioether (sulfide) groups is 1. The van der Waals surface area contributed by atoms with Crippen LogP contribution in [0.4, 0.5) is 0 Å². The van der Waals surface area contributed by atoms with Gasteiger partial charge in [-0.05, 0) is 43.8 Å². The Labute approximate surface area is 115 Å². The van der Waals surface area contributed by atoms with Crippen LogP contribution in [-0.2, 0) is 10.0 Å². The maximum atomic E-state index is 11.6. The van der Waals surface area contributed by atoms with Gasteiger partial charge >= 0.3 is 0 Å². The van der Waals surface area contributed by atoms with Gasteiger partial charge in [-0.15, -0.1) is 0 Å². The van der Waals surface area contributed by atoms with Gasteiger partial charge in [0.25, 0.3) is 0 Å². The molecule has 2 aliphatic heterocycles. The van der Waals surface area contributed by atoms with Gasteiger partial charge in [-0.3, -0.25) is 0 Å². The van der Waals surface area contributed by atoms with Crippen LogP contribution in [0, 0.1) is 5.92 Å². The van der Waals surface area contributed by atoms with Crippen molar-refractivity contribution < 1.29 is 8.42 Å². The van der Waals surface area contributed by atoms with E-state index in [0.29, 0.717) is 24.3 Å². The molecule has 2 heterocycles. The highest BCUT2D eigenvalue weighted by atomic mass is 32.2. The predicted molar refractivity (Wildman–Crippen MR) is 77.2 cm³/mol. The normalized spacial score (nSPS) is 32.6. The van der Waals surface area contributed by atoms with Crippen LogP contribution < -0.4 is 5.73 Å². The smallest absolute Gasteiger partial charge is 0.211 e. The van der Waals surface area contributed by atoms with E-state index in [1.165, 1.54) is 24.9 Å². The molecule has 2 saturated heterocycles. The molecule has 0 spiro atoms. The summed E-state index contributed by atoms with van der Waals surface area (Å²) < 4.78 is 24.7. The van der Waals surface area contributed by atoms with Crippen LogP contribution >= 0.6 is 11.8 Å². The van der Waals surface area contributed by atoms with Crippen molar-refractivity contribution in [3.8, 4) is 0 Å².